The fraction of sp³-hybridized carbons (Fsp3) is 0.543. The first-order valence-electron chi connectivity index (χ1n) is 15.5. The number of carbonyl (C=O) groups is 1. The lowest BCUT2D eigenvalue weighted by molar-refractivity contribution is -0.123. The van der Waals surface area contributed by atoms with Gasteiger partial charge in [-0.3, -0.25) is 9.48 Å². The minimum atomic E-state index is 0.154. The average molecular weight is 542 g/mol. The molecule has 2 aromatic rings. The van der Waals surface area contributed by atoms with E-state index in [1.165, 1.54) is 43.3 Å². The van der Waals surface area contributed by atoms with Crippen molar-refractivity contribution in [1.29, 1.82) is 0 Å². The number of benzene rings is 1. The number of nitrogens with zero attached hydrogens (tertiary/aromatic N) is 3. The molecule has 0 radical (unpaired) electrons. The molecule has 1 amide bonds. The Labute approximate surface area is 241 Å². The Hall–Kier alpha value is -3.08. The molecule has 0 bridgehead atoms. The molecule has 5 rings (SSSR count). The number of rotatable bonds is 10. The lowest BCUT2D eigenvalue weighted by Crippen LogP contribution is -2.41. The van der Waals surface area contributed by atoms with E-state index >= 15 is 0 Å². The van der Waals surface area contributed by atoms with E-state index in [1.54, 1.807) is 7.11 Å². The number of anilines is 1. The fourth-order valence-corrected chi connectivity index (χ4v) is 6.50. The summed E-state index contributed by atoms with van der Waals surface area (Å²) in [5, 5.41) is 4.60. The summed E-state index contributed by atoms with van der Waals surface area (Å²) < 4.78 is 7.59. The number of amides is 1. The van der Waals surface area contributed by atoms with Crippen LogP contribution in [-0.4, -0.2) is 29.3 Å². The second kappa shape index (κ2) is 13.1. The number of ether oxygens (including phenoxy) is 1. The molecule has 0 aliphatic heterocycles. The number of allylic oxidation sites excluding steroid dienone is 4. The topological polar surface area (TPSA) is 47.4 Å². The molecule has 0 spiro atoms. The van der Waals surface area contributed by atoms with E-state index in [9.17, 15) is 4.79 Å². The van der Waals surface area contributed by atoms with Crippen molar-refractivity contribution >= 4 is 11.6 Å². The van der Waals surface area contributed by atoms with Crippen molar-refractivity contribution in [3.8, 4) is 11.1 Å². The molecule has 0 N–H and O–H groups in total. The summed E-state index contributed by atoms with van der Waals surface area (Å²) in [5.74, 6) is 2.40. The average Bonchev–Trinajstić information content (AvgIpc) is 3.72. The molecule has 214 valence electrons. The summed E-state index contributed by atoms with van der Waals surface area (Å²) in [5.41, 5.74) is 5.67. The van der Waals surface area contributed by atoms with Crippen molar-refractivity contribution in [3.05, 3.63) is 72.3 Å². The van der Waals surface area contributed by atoms with Crippen molar-refractivity contribution in [2.45, 2.75) is 90.5 Å². The molecule has 1 aromatic carbocycles. The van der Waals surface area contributed by atoms with Gasteiger partial charge in [0.25, 0.3) is 0 Å². The number of hydrogen-bond donors (Lipinski definition) is 0. The van der Waals surface area contributed by atoms with Crippen molar-refractivity contribution in [1.82, 2.24) is 9.78 Å². The van der Waals surface area contributed by atoms with Gasteiger partial charge in [0.05, 0.1) is 19.3 Å². The SMILES string of the molecule is C=C(/C=C\C(OC)=C(C)C)[C@H]1CC[C@H](CN(C(=O)C2CCCCC2)c2cccc(-c3cnn(C4CC4)c3)c2)CC1. The number of aromatic nitrogens is 2. The molecule has 0 atom stereocenters. The summed E-state index contributed by atoms with van der Waals surface area (Å²) in [6, 6.07) is 9.16. The predicted molar refractivity (Wildman–Crippen MR) is 164 cm³/mol. The van der Waals surface area contributed by atoms with Crippen molar-refractivity contribution in [3.63, 3.8) is 0 Å². The molecule has 3 aliphatic carbocycles. The van der Waals surface area contributed by atoms with Gasteiger partial charge in [-0.25, -0.2) is 0 Å². The van der Waals surface area contributed by atoms with Crippen LogP contribution in [0.2, 0.25) is 0 Å². The van der Waals surface area contributed by atoms with Crippen LogP contribution in [0.15, 0.2) is 72.3 Å². The van der Waals surface area contributed by atoms with E-state index in [1.807, 2.05) is 6.20 Å². The largest absolute Gasteiger partial charge is 0.497 e. The maximum atomic E-state index is 14.0. The highest BCUT2D eigenvalue weighted by atomic mass is 16.5. The maximum Gasteiger partial charge on any atom is 0.230 e. The Bertz CT molecular complexity index is 1230. The molecule has 3 saturated carbocycles. The molecular weight excluding hydrogens is 494 g/mol. The predicted octanol–water partition coefficient (Wildman–Crippen LogP) is 8.66. The summed E-state index contributed by atoms with van der Waals surface area (Å²) >= 11 is 0. The Morgan fingerprint density at radius 3 is 2.42 bits per heavy atom. The second-order valence-corrected chi connectivity index (χ2v) is 12.5. The standard InChI is InChI=1S/C35H47N3O2/c1-25(2)34(40-4)20-13-26(3)28-16-14-27(15-17-28)23-37(35(39)29-9-6-5-7-10-29)33-12-8-11-30(21-33)31-22-36-38(24-31)32-18-19-32/h8,11-13,20-22,24,27-29,32H,3,5-7,9-10,14-19,23H2,1-2,4H3/b20-13-/t27-,28-. The van der Waals surface area contributed by atoms with Gasteiger partial charge in [0.2, 0.25) is 5.91 Å². The lowest BCUT2D eigenvalue weighted by Gasteiger charge is -2.35. The fourth-order valence-electron chi connectivity index (χ4n) is 6.50. The van der Waals surface area contributed by atoms with Gasteiger partial charge in [0.15, 0.2) is 0 Å². The van der Waals surface area contributed by atoms with Crippen molar-refractivity contribution in [2.24, 2.45) is 17.8 Å². The third-order valence-corrected chi connectivity index (χ3v) is 9.21. The van der Waals surface area contributed by atoms with Crippen LogP contribution in [0.4, 0.5) is 5.69 Å². The van der Waals surface area contributed by atoms with Gasteiger partial charge in [-0.15, -0.1) is 0 Å². The molecule has 1 aromatic heterocycles. The quantitative estimate of drug-likeness (QED) is 0.223. The van der Waals surface area contributed by atoms with E-state index in [0.717, 1.165) is 67.6 Å². The molecule has 40 heavy (non-hydrogen) atoms. The smallest absolute Gasteiger partial charge is 0.230 e. The Kier molecular flexibility index (Phi) is 9.29. The highest BCUT2D eigenvalue weighted by Gasteiger charge is 2.31. The van der Waals surface area contributed by atoms with Gasteiger partial charge in [-0.05, 0) is 106 Å². The molecule has 1 heterocycles. The van der Waals surface area contributed by atoms with Gasteiger partial charge in [0, 0.05) is 29.9 Å². The third kappa shape index (κ3) is 6.97. The van der Waals surface area contributed by atoms with Crippen molar-refractivity contribution < 1.29 is 9.53 Å². The first-order valence-corrected chi connectivity index (χ1v) is 15.5. The summed E-state index contributed by atoms with van der Waals surface area (Å²) in [6.07, 6.45) is 20.9. The molecule has 0 saturated heterocycles. The van der Waals surface area contributed by atoms with Crippen LogP contribution in [-0.2, 0) is 9.53 Å². The van der Waals surface area contributed by atoms with E-state index < -0.39 is 0 Å². The normalized spacial score (nSPS) is 21.8. The Balaban J connectivity index is 1.28. The first kappa shape index (κ1) is 28.4. The molecule has 0 unspecified atom stereocenters. The zero-order chi connectivity index (χ0) is 28.1. The summed E-state index contributed by atoms with van der Waals surface area (Å²) in [4.78, 5) is 16.1. The summed E-state index contributed by atoms with van der Waals surface area (Å²) in [6.45, 7) is 9.32. The third-order valence-electron chi connectivity index (χ3n) is 9.21. The van der Waals surface area contributed by atoms with Gasteiger partial charge in [0.1, 0.15) is 5.76 Å². The molecule has 3 aliphatic rings. The zero-order valence-electron chi connectivity index (χ0n) is 24.8. The molecule has 5 heteroatoms. The van der Waals surface area contributed by atoms with Gasteiger partial charge < -0.3 is 9.64 Å². The van der Waals surface area contributed by atoms with Crippen LogP contribution < -0.4 is 4.90 Å². The van der Waals surface area contributed by atoms with Crippen LogP contribution in [0.5, 0.6) is 0 Å². The first-order chi connectivity index (χ1) is 19.4. The number of carbonyl (C=O) groups excluding carboxylic acids is 1. The van der Waals surface area contributed by atoms with E-state index in [-0.39, 0.29) is 5.92 Å². The van der Waals surface area contributed by atoms with Crippen LogP contribution in [0.1, 0.15) is 90.5 Å². The highest BCUT2D eigenvalue weighted by Crippen LogP contribution is 2.38. The maximum absolute atomic E-state index is 14.0. The highest BCUT2D eigenvalue weighted by molar-refractivity contribution is 5.95. The minimum Gasteiger partial charge on any atom is -0.497 e. The minimum absolute atomic E-state index is 0.154. The lowest BCUT2D eigenvalue weighted by atomic mass is 9.78. The van der Waals surface area contributed by atoms with Crippen LogP contribution in [0, 0.1) is 17.8 Å². The Morgan fingerprint density at radius 2 is 1.75 bits per heavy atom. The van der Waals surface area contributed by atoms with Crippen LogP contribution >= 0.6 is 0 Å². The van der Waals surface area contributed by atoms with Gasteiger partial charge >= 0.3 is 0 Å². The molecule has 5 nitrogen and oxygen atoms in total. The van der Waals surface area contributed by atoms with E-state index in [4.69, 9.17) is 4.74 Å². The van der Waals surface area contributed by atoms with E-state index in [2.05, 4.69) is 77.7 Å². The van der Waals surface area contributed by atoms with Gasteiger partial charge in [-0.2, -0.15) is 5.10 Å². The van der Waals surface area contributed by atoms with Crippen molar-refractivity contribution in [2.75, 3.05) is 18.6 Å². The van der Waals surface area contributed by atoms with Crippen LogP contribution in [0.25, 0.3) is 11.1 Å². The second-order valence-electron chi connectivity index (χ2n) is 12.5. The zero-order valence-corrected chi connectivity index (χ0v) is 24.8. The Morgan fingerprint density at radius 1 is 1.00 bits per heavy atom. The molecular formula is C35H47N3O2. The number of methoxy groups -OCH3 is 1. The monoisotopic (exact) mass is 541 g/mol. The summed E-state index contributed by atoms with van der Waals surface area (Å²) in [7, 11) is 1.72. The van der Waals surface area contributed by atoms with Gasteiger partial charge in [-0.1, -0.05) is 49.6 Å². The molecule has 3 fully saturated rings. The number of hydrogen-bond acceptors (Lipinski definition) is 3. The van der Waals surface area contributed by atoms with E-state index in [0.29, 0.717) is 23.8 Å². The van der Waals surface area contributed by atoms with Crippen LogP contribution in [0.3, 0.4) is 0 Å².